The number of hydrogen-bond acceptors (Lipinski definition) is 2. The van der Waals surface area contributed by atoms with Gasteiger partial charge < -0.3 is 4.98 Å². The number of aryl methyl sites for hydroxylation is 2. The first-order chi connectivity index (χ1) is 13.4. The van der Waals surface area contributed by atoms with E-state index >= 15 is 0 Å². The highest BCUT2D eigenvalue weighted by atomic mass is 32.2. The number of rotatable bonds is 5. The van der Waals surface area contributed by atoms with Crippen LogP contribution in [-0.2, 0) is 22.9 Å². The number of hydrogen-bond donors (Lipinski definition) is 2. The summed E-state index contributed by atoms with van der Waals surface area (Å²) in [5, 5.41) is 0. The number of fused-ring (bicyclic) bond motifs is 1. The highest BCUT2D eigenvalue weighted by Gasteiger charge is 2.25. The molecule has 1 aliphatic carbocycles. The Hall–Kier alpha value is -2.63. The zero-order valence-electron chi connectivity index (χ0n) is 16.1. The standard InChI is InChI=1S/C23H24N2O2S/c1-16-7-11-18(12-8-16)23(22-15-19-5-3-4-6-21(19)24-22)25-28(26,27)20-13-9-17(2)10-14-20/h3-4,7-15,23-25H,5-6H2,1-2H3. The second kappa shape index (κ2) is 7.41. The Morgan fingerprint density at radius 2 is 1.50 bits per heavy atom. The molecule has 0 bridgehead atoms. The molecule has 0 fully saturated rings. The van der Waals surface area contributed by atoms with Crippen LogP contribution < -0.4 is 4.72 Å². The van der Waals surface area contributed by atoms with E-state index in [2.05, 4.69) is 27.9 Å². The van der Waals surface area contributed by atoms with E-state index in [0.717, 1.165) is 40.9 Å². The van der Waals surface area contributed by atoms with E-state index in [-0.39, 0.29) is 4.90 Å². The Bertz CT molecular complexity index is 1080. The molecule has 1 unspecified atom stereocenters. The van der Waals surface area contributed by atoms with Crippen molar-refractivity contribution in [1.29, 1.82) is 0 Å². The van der Waals surface area contributed by atoms with Crippen molar-refractivity contribution < 1.29 is 8.42 Å². The number of H-pyrrole nitrogens is 1. The van der Waals surface area contributed by atoms with Gasteiger partial charge in [-0.3, -0.25) is 0 Å². The van der Waals surface area contributed by atoms with Crippen molar-refractivity contribution in [3.8, 4) is 0 Å². The van der Waals surface area contributed by atoms with Crippen molar-refractivity contribution in [1.82, 2.24) is 9.71 Å². The molecule has 1 aromatic heterocycles. The predicted octanol–water partition coefficient (Wildman–Crippen LogP) is 4.35. The first kappa shape index (κ1) is 18.7. The van der Waals surface area contributed by atoms with Crippen molar-refractivity contribution in [2.75, 3.05) is 0 Å². The summed E-state index contributed by atoms with van der Waals surface area (Å²) in [5.74, 6) is 0. The summed E-state index contributed by atoms with van der Waals surface area (Å²) in [6.07, 6.45) is 6.01. The van der Waals surface area contributed by atoms with E-state index in [9.17, 15) is 8.42 Å². The molecule has 2 N–H and O–H groups in total. The Balaban J connectivity index is 1.74. The number of aromatic amines is 1. The van der Waals surface area contributed by atoms with Crippen molar-refractivity contribution in [2.24, 2.45) is 0 Å². The molecular weight excluding hydrogens is 368 g/mol. The number of allylic oxidation sites excluding steroid dienone is 2. The van der Waals surface area contributed by atoms with Gasteiger partial charge in [-0.2, -0.15) is 4.72 Å². The number of sulfonamides is 1. The Morgan fingerprint density at radius 3 is 2.14 bits per heavy atom. The largest absolute Gasteiger partial charge is 0.360 e. The summed E-state index contributed by atoms with van der Waals surface area (Å²) >= 11 is 0. The van der Waals surface area contributed by atoms with Crippen LogP contribution in [0.15, 0.2) is 71.6 Å². The number of benzene rings is 2. The lowest BCUT2D eigenvalue weighted by molar-refractivity contribution is 0.570. The van der Waals surface area contributed by atoms with Gasteiger partial charge in [0.15, 0.2) is 0 Å². The van der Waals surface area contributed by atoms with Gasteiger partial charge in [-0.15, -0.1) is 0 Å². The van der Waals surface area contributed by atoms with Gasteiger partial charge in [-0.25, -0.2) is 8.42 Å². The van der Waals surface area contributed by atoms with E-state index < -0.39 is 16.1 Å². The monoisotopic (exact) mass is 392 g/mol. The first-order valence-corrected chi connectivity index (χ1v) is 10.9. The maximum absolute atomic E-state index is 13.1. The molecule has 0 saturated heterocycles. The maximum Gasteiger partial charge on any atom is 0.241 e. The number of aromatic nitrogens is 1. The van der Waals surface area contributed by atoms with Crippen LogP contribution >= 0.6 is 0 Å². The lowest BCUT2D eigenvalue weighted by atomic mass is 10.0. The predicted molar refractivity (Wildman–Crippen MR) is 112 cm³/mol. The van der Waals surface area contributed by atoms with Crippen molar-refractivity contribution in [3.05, 3.63) is 100 Å². The van der Waals surface area contributed by atoms with E-state index in [4.69, 9.17) is 0 Å². The zero-order valence-corrected chi connectivity index (χ0v) is 16.9. The van der Waals surface area contributed by atoms with Crippen molar-refractivity contribution >= 4 is 10.0 Å². The minimum Gasteiger partial charge on any atom is -0.360 e. The fourth-order valence-electron chi connectivity index (χ4n) is 3.51. The van der Waals surface area contributed by atoms with Crippen molar-refractivity contribution in [3.63, 3.8) is 0 Å². The molecular formula is C23H24N2O2S. The lowest BCUT2D eigenvalue weighted by Gasteiger charge is -2.19. The molecule has 3 aromatic rings. The van der Waals surface area contributed by atoms with Crippen LogP contribution in [0, 0.1) is 13.8 Å². The molecule has 0 radical (unpaired) electrons. The Labute approximate surface area is 166 Å². The molecule has 4 nitrogen and oxygen atoms in total. The zero-order chi connectivity index (χ0) is 19.7. The Morgan fingerprint density at radius 1 is 0.893 bits per heavy atom. The molecule has 1 heterocycles. The lowest BCUT2D eigenvalue weighted by Crippen LogP contribution is -2.29. The van der Waals surface area contributed by atoms with Gasteiger partial charge in [-0.05, 0) is 49.6 Å². The third-order valence-corrected chi connectivity index (χ3v) is 6.60. The Kier molecular flexibility index (Phi) is 4.96. The molecule has 1 atom stereocenters. The van der Waals surface area contributed by atoms with Crippen LogP contribution in [0.3, 0.4) is 0 Å². The van der Waals surface area contributed by atoms with E-state index in [0.29, 0.717) is 0 Å². The van der Waals surface area contributed by atoms with Gasteiger partial charge in [0.2, 0.25) is 10.0 Å². The molecule has 0 spiro atoms. The van der Waals surface area contributed by atoms with Gasteiger partial charge in [0.1, 0.15) is 0 Å². The van der Waals surface area contributed by atoms with Crippen LogP contribution in [-0.4, -0.2) is 13.4 Å². The maximum atomic E-state index is 13.1. The van der Waals surface area contributed by atoms with Gasteiger partial charge in [0.25, 0.3) is 0 Å². The van der Waals surface area contributed by atoms with Gasteiger partial charge in [0.05, 0.1) is 10.9 Å². The molecule has 144 valence electrons. The summed E-state index contributed by atoms with van der Waals surface area (Å²) in [6.45, 7) is 3.96. The highest BCUT2D eigenvalue weighted by molar-refractivity contribution is 7.89. The molecule has 2 aromatic carbocycles. The first-order valence-electron chi connectivity index (χ1n) is 9.43. The van der Waals surface area contributed by atoms with E-state index in [1.54, 1.807) is 12.1 Å². The summed E-state index contributed by atoms with van der Waals surface area (Å²) in [4.78, 5) is 3.72. The average Bonchev–Trinajstić information content (AvgIpc) is 3.11. The molecule has 5 heteroatoms. The summed E-state index contributed by atoms with van der Waals surface area (Å²) < 4.78 is 29.1. The third kappa shape index (κ3) is 3.81. The van der Waals surface area contributed by atoms with E-state index in [1.165, 1.54) is 5.56 Å². The quantitative estimate of drug-likeness (QED) is 0.634. The van der Waals surface area contributed by atoms with Crippen LogP contribution in [0.5, 0.6) is 0 Å². The fourth-order valence-corrected chi connectivity index (χ4v) is 4.71. The van der Waals surface area contributed by atoms with Crippen LogP contribution in [0.2, 0.25) is 0 Å². The smallest absolute Gasteiger partial charge is 0.241 e. The molecule has 0 amide bonds. The second-order valence-electron chi connectivity index (χ2n) is 7.39. The van der Waals surface area contributed by atoms with Crippen LogP contribution in [0.4, 0.5) is 0 Å². The molecule has 0 aliphatic heterocycles. The molecule has 0 saturated carbocycles. The third-order valence-electron chi connectivity index (χ3n) is 5.16. The van der Waals surface area contributed by atoms with Gasteiger partial charge >= 0.3 is 0 Å². The van der Waals surface area contributed by atoms with Crippen LogP contribution in [0.1, 0.15) is 39.7 Å². The van der Waals surface area contributed by atoms with Crippen molar-refractivity contribution in [2.45, 2.75) is 37.6 Å². The second-order valence-corrected chi connectivity index (χ2v) is 9.10. The SMILES string of the molecule is Cc1ccc(C(NS(=O)(=O)c2ccc(C)cc2)c2cc3c([nH]2)CC=CC3)cc1. The molecule has 28 heavy (non-hydrogen) atoms. The minimum atomic E-state index is -3.67. The average molecular weight is 393 g/mol. The van der Waals surface area contributed by atoms with E-state index in [1.807, 2.05) is 50.2 Å². The molecule has 4 rings (SSSR count). The topological polar surface area (TPSA) is 62.0 Å². The van der Waals surface area contributed by atoms with Crippen LogP contribution in [0.25, 0.3) is 0 Å². The normalized spacial score (nSPS) is 14.6. The summed E-state index contributed by atoms with van der Waals surface area (Å²) in [7, 11) is -3.67. The minimum absolute atomic E-state index is 0.271. The fraction of sp³-hybridized carbons (Fsp3) is 0.217. The van der Waals surface area contributed by atoms with Gasteiger partial charge in [0, 0.05) is 17.8 Å². The highest BCUT2D eigenvalue weighted by Crippen LogP contribution is 2.28. The van der Waals surface area contributed by atoms with Gasteiger partial charge in [-0.1, -0.05) is 59.7 Å². The summed E-state index contributed by atoms with van der Waals surface area (Å²) in [5.41, 5.74) is 6.33. The number of nitrogens with one attached hydrogen (secondary N) is 2. The summed E-state index contributed by atoms with van der Waals surface area (Å²) in [6, 6.07) is 16.5. The molecule has 1 aliphatic rings.